The molecule has 1 saturated heterocycles. The number of hydrogen-bond donors (Lipinski definition) is 1. The van der Waals surface area contributed by atoms with E-state index < -0.39 is 0 Å². The van der Waals surface area contributed by atoms with Crippen LogP contribution in [0.5, 0.6) is 0 Å². The number of benzene rings is 2. The fourth-order valence-electron chi connectivity index (χ4n) is 2.45. The van der Waals surface area contributed by atoms with Gasteiger partial charge in [0.2, 0.25) is 0 Å². The molecule has 144 valence electrons. The summed E-state index contributed by atoms with van der Waals surface area (Å²) < 4.78 is 1.62. The molecule has 1 fully saturated rings. The second kappa shape index (κ2) is 9.43. The number of carbonyl (C=O) groups is 3. The average Bonchev–Trinajstić information content (AvgIpc) is 2.92. The number of imide groups is 1. The van der Waals surface area contributed by atoms with E-state index in [1.807, 2.05) is 12.1 Å². The predicted octanol–water partition coefficient (Wildman–Crippen LogP) is 5.17. The molecule has 1 N–H and O–H groups in total. The van der Waals surface area contributed by atoms with Crippen LogP contribution in [0.15, 0.2) is 51.8 Å². The second-order valence-corrected chi connectivity index (χ2v) is 9.27. The summed E-state index contributed by atoms with van der Waals surface area (Å²) >= 11 is 12.2. The van der Waals surface area contributed by atoms with E-state index in [1.54, 1.807) is 36.4 Å². The highest BCUT2D eigenvalue weighted by molar-refractivity contribution is 14.1. The van der Waals surface area contributed by atoms with Gasteiger partial charge in [0.15, 0.2) is 0 Å². The Labute approximate surface area is 193 Å². The molecule has 0 saturated carbocycles. The van der Waals surface area contributed by atoms with Crippen molar-refractivity contribution in [3.63, 3.8) is 0 Å². The number of nitrogens with one attached hydrogen (secondary N) is 1. The zero-order valence-electron chi connectivity index (χ0n) is 14.2. The van der Waals surface area contributed by atoms with Gasteiger partial charge in [0.25, 0.3) is 17.1 Å². The van der Waals surface area contributed by atoms with Crippen molar-refractivity contribution < 1.29 is 14.4 Å². The van der Waals surface area contributed by atoms with Gasteiger partial charge in [-0.25, -0.2) is 0 Å². The molecule has 9 heteroatoms. The first-order valence-electron chi connectivity index (χ1n) is 8.09. The van der Waals surface area contributed by atoms with Gasteiger partial charge in [0.1, 0.15) is 0 Å². The number of nitrogens with zero attached hydrogens (tertiary/aromatic N) is 1. The van der Waals surface area contributed by atoms with E-state index >= 15 is 0 Å². The van der Waals surface area contributed by atoms with Crippen molar-refractivity contribution in [2.75, 3.05) is 13.1 Å². The molecule has 2 aromatic carbocycles. The van der Waals surface area contributed by atoms with Gasteiger partial charge in [-0.15, -0.1) is 0 Å². The van der Waals surface area contributed by atoms with E-state index in [0.717, 1.165) is 30.3 Å². The zero-order valence-corrected chi connectivity index (χ0v) is 19.6. The lowest BCUT2D eigenvalue weighted by molar-refractivity contribution is -0.122. The first kappa shape index (κ1) is 21.4. The predicted molar refractivity (Wildman–Crippen MR) is 123 cm³/mol. The molecule has 3 rings (SSSR count). The highest BCUT2D eigenvalue weighted by atomic mass is 127. The molecule has 2 aromatic rings. The van der Waals surface area contributed by atoms with Crippen LogP contribution in [0.1, 0.15) is 15.9 Å². The normalized spacial score (nSPS) is 15.4. The zero-order chi connectivity index (χ0) is 20.3. The van der Waals surface area contributed by atoms with Crippen LogP contribution in [-0.2, 0) is 4.79 Å². The molecule has 28 heavy (non-hydrogen) atoms. The summed E-state index contributed by atoms with van der Waals surface area (Å²) in [5, 5.41) is 3.00. The highest BCUT2D eigenvalue weighted by Gasteiger charge is 2.34. The third kappa shape index (κ3) is 5.16. The van der Waals surface area contributed by atoms with Crippen LogP contribution < -0.4 is 5.32 Å². The van der Waals surface area contributed by atoms with Crippen LogP contribution in [-0.4, -0.2) is 35.0 Å². The standard InChI is InChI=1S/C19H13BrClIN2O3S/c20-12-3-6-15(22)14(10-12)17(25)23-7-8-24-18(26)16(28-19(24)27)9-11-1-4-13(21)5-2-11/h1-6,9-10H,7-8H2,(H,23,25). The van der Waals surface area contributed by atoms with Crippen molar-refractivity contribution in [1.82, 2.24) is 10.2 Å². The van der Waals surface area contributed by atoms with Gasteiger partial charge >= 0.3 is 0 Å². The van der Waals surface area contributed by atoms with Crippen molar-refractivity contribution in [3.8, 4) is 0 Å². The Morgan fingerprint density at radius 2 is 1.93 bits per heavy atom. The number of thioether (sulfide) groups is 1. The monoisotopic (exact) mass is 590 g/mol. The smallest absolute Gasteiger partial charge is 0.293 e. The van der Waals surface area contributed by atoms with Crippen LogP contribution in [0.25, 0.3) is 6.08 Å². The van der Waals surface area contributed by atoms with Crippen LogP contribution in [0.2, 0.25) is 5.02 Å². The van der Waals surface area contributed by atoms with E-state index in [1.165, 1.54) is 0 Å². The number of rotatable bonds is 5. The molecule has 5 nitrogen and oxygen atoms in total. The Hall–Kier alpha value is -1.36. The molecule has 0 aliphatic carbocycles. The SMILES string of the molecule is O=C(NCCN1C(=O)SC(=Cc2ccc(Cl)cc2)C1=O)c1cc(Br)ccc1I. The quantitative estimate of drug-likeness (QED) is 0.385. The Kier molecular flexibility index (Phi) is 7.19. The van der Waals surface area contributed by atoms with Crippen LogP contribution in [0.4, 0.5) is 4.79 Å². The summed E-state index contributed by atoms with van der Waals surface area (Å²) in [7, 11) is 0. The molecule has 0 bridgehead atoms. The summed E-state index contributed by atoms with van der Waals surface area (Å²) in [4.78, 5) is 38.5. The number of carbonyl (C=O) groups excluding carboxylic acids is 3. The van der Waals surface area contributed by atoms with Crippen LogP contribution in [0.3, 0.4) is 0 Å². The summed E-state index contributed by atoms with van der Waals surface area (Å²) in [5.74, 6) is -0.620. The van der Waals surface area contributed by atoms with Gasteiger partial charge in [-0.2, -0.15) is 0 Å². The number of hydrogen-bond acceptors (Lipinski definition) is 4. The maximum absolute atomic E-state index is 12.5. The van der Waals surface area contributed by atoms with E-state index in [2.05, 4.69) is 43.8 Å². The van der Waals surface area contributed by atoms with Crippen molar-refractivity contribution in [3.05, 3.63) is 71.6 Å². The fraction of sp³-hybridized carbons (Fsp3) is 0.105. The first-order chi connectivity index (χ1) is 13.3. The van der Waals surface area contributed by atoms with Crippen molar-refractivity contribution in [2.24, 2.45) is 0 Å². The summed E-state index contributed by atoms with van der Waals surface area (Å²) in [5.41, 5.74) is 1.32. The highest BCUT2D eigenvalue weighted by Crippen LogP contribution is 2.32. The van der Waals surface area contributed by atoms with Crippen molar-refractivity contribution in [1.29, 1.82) is 0 Å². The van der Waals surface area contributed by atoms with Gasteiger partial charge in [0.05, 0.1) is 10.5 Å². The van der Waals surface area contributed by atoms with E-state index in [4.69, 9.17) is 11.6 Å². The molecule has 0 unspecified atom stereocenters. The summed E-state index contributed by atoms with van der Waals surface area (Å²) in [6, 6.07) is 12.4. The van der Waals surface area contributed by atoms with Gasteiger partial charge in [-0.1, -0.05) is 39.7 Å². The van der Waals surface area contributed by atoms with E-state index in [-0.39, 0.29) is 30.1 Å². The Morgan fingerprint density at radius 1 is 1.21 bits per heavy atom. The second-order valence-electron chi connectivity index (χ2n) is 5.76. The van der Waals surface area contributed by atoms with Crippen LogP contribution >= 0.6 is 61.9 Å². The third-order valence-corrected chi connectivity index (χ3v) is 6.43. The van der Waals surface area contributed by atoms with Crippen LogP contribution in [0, 0.1) is 3.57 Å². The molecule has 1 aliphatic rings. The first-order valence-corrected chi connectivity index (χ1v) is 11.2. The molecule has 1 heterocycles. The number of halogens is 3. The molecule has 0 radical (unpaired) electrons. The maximum Gasteiger partial charge on any atom is 0.293 e. The lowest BCUT2D eigenvalue weighted by atomic mass is 10.2. The summed E-state index contributed by atoms with van der Waals surface area (Å²) in [6.07, 6.45) is 1.66. The minimum atomic E-state index is -0.365. The van der Waals surface area contributed by atoms with Gasteiger partial charge in [-0.3, -0.25) is 19.3 Å². The van der Waals surface area contributed by atoms with Gasteiger partial charge in [0, 0.05) is 26.2 Å². The Morgan fingerprint density at radius 3 is 2.64 bits per heavy atom. The Bertz CT molecular complexity index is 982. The van der Waals surface area contributed by atoms with Crippen molar-refractivity contribution >= 4 is 85.0 Å². The van der Waals surface area contributed by atoms with Crippen molar-refractivity contribution in [2.45, 2.75) is 0 Å². The Balaban J connectivity index is 1.61. The van der Waals surface area contributed by atoms with Gasteiger partial charge < -0.3 is 5.32 Å². The molecule has 3 amide bonds. The lowest BCUT2D eigenvalue weighted by Gasteiger charge is -2.13. The maximum atomic E-state index is 12.5. The lowest BCUT2D eigenvalue weighted by Crippen LogP contribution is -2.37. The van der Waals surface area contributed by atoms with E-state index in [0.29, 0.717) is 15.5 Å². The summed E-state index contributed by atoms with van der Waals surface area (Å²) in [6.45, 7) is 0.284. The fourth-order valence-corrected chi connectivity index (χ4v) is 4.38. The molecular formula is C19H13BrClIN2O3S. The topological polar surface area (TPSA) is 66.5 Å². The molecular weight excluding hydrogens is 579 g/mol. The minimum Gasteiger partial charge on any atom is -0.350 e. The number of amides is 3. The van der Waals surface area contributed by atoms with E-state index in [9.17, 15) is 14.4 Å². The third-order valence-electron chi connectivity index (χ3n) is 3.84. The minimum absolute atomic E-state index is 0.110. The molecule has 0 spiro atoms. The molecule has 0 atom stereocenters. The van der Waals surface area contributed by atoms with Gasteiger partial charge in [-0.05, 0) is 76.3 Å². The average molecular weight is 592 g/mol. The largest absolute Gasteiger partial charge is 0.350 e. The molecule has 0 aromatic heterocycles. The molecule has 1 aliphatic heterocycles.